The lowest BCUT2D eigenvalue weighted by Gasteiger charge is -2.17. The van der Waals surface area contributed by atoms with Gasteiger partial charge in [0, 0.05) is 24.6 Å². The third kappa shape index (κ3) is 3.32. The van der Waals surface area contributed by atoms with Crippen molar-refractivity contribution in [3.63, 3.8) is 0 Å². The molecule has 1 atom stereocenters. The van der Waals surface area contributed by atoms with Gasteiger partial charge in [0.15, 0.2) is 0 Å². The molecule has 0 spiro atoms. The molecule has 0 bridgehead atoms. The monoisotopic (exact) mass is 325 g/mol. The van der Waals surface area contributed by atoms with Gasteiger partial charge in [-0.15, -0.1) is 0 Å². The Bertz CT molecular complexity index is 700. The van der Waals surface area contributed by atoms with Gasteiger partial charge in [-0.25, -0.2) is 4.39 Å². The van der Waals surface area contributed by atoms with E-state index in [0.717, 1.165) is 62.4 Å². The number of rotatable bonds is 5. The van der Waals surface area contributed by atoms with E-state index in [1.165, 1.54) is 12.0 Å². The van der Waals surface area contributed by atoms with Gasteiger partial charge in [0.1, 0.15) is 11.6 Å². The van der Waals surface area contributed by atoms with Gasteiger partial charge in [-0.3, -0.25) is 4.90 Å². The van der Waals surface area contributed by atoms with Crippen LogP contribution in [0.25, 0.3) is 0 Å². The van der Waals surface area contributed by atoms with E-state index < -0.39 is 0 Å². The number of benzene rings is 2. The molecule has 1 fully saturated rings. The smallest absolute Gasteiger partial charge is 0.126 e. The maximum absolute atomic E-state index is 13.8. The molecule has 1 aliphatic carbocycles. The van der Waals surface area contributed by atoms with Gasteiger partial charge in [0.05, 0.1) is 6.61 Å². The van der Waals surface area contributed by atoms with E-state index in [4.69, 9.17) is 4.74 Å². The van der Waals surface area contributed by atoms with Crippen LogP contribution in [0.15, 0.2) is 42.5 Å². The third-order valence-electron chi connectivity index (χ3n) is 5.28. The number of hydrogen-bond acceptors (Lipinski definition) is 2. The predicted octanol–water partition coefficient (Wildman–Crippen LogP) is 4.22. The van der Waals surface area contributed by atoms with E-state index in [2.05, 4.69) is 35.2 Å². The van der Waals surface area contributed by atoms with Crippen molar-refractivity contribution >= 4 is 0 Å². The Labute approximate surface area is 143 Å². The topological polar surface area (TPSA) is 12.5 Å². The summed E-state index contributed by atoms with van der Waals surface area (Å²) in [5, 5.41) is 0. The molecule has 0 saturated carbocycles. The van der Waals surface area contributed by atoms with Crippen molar-refractivity contribution in [3.8, 4) is 5.75 Å². The lowest BCUT2D eigenvalue weighted by atomic mass is 10.1. The molecule has 24 heavy (non-hydrogen) atoms. The number of ether oxygens (including phenoxy) is 1. The van der Waals surface area contributed by atoms with Crippen molar-refractivity contribution in [1.82, 2.24) is 4.90 Å². The highest BCUT2D eigenvalue weighted by atomic mass is 19.1. The van der Waals surface area contributed by atoms with Gasteiger partial charge >= 0.3 is 0 Å². The molecule has 3 heteroatoms. The van der Waals surface area contributed by atoms with E-state index >= 15 is 0 Å². The molecule has 126 valence electrons. The fraction of sp³-hybridized carbons (Fsp3) is 0.429. The minimum Gasteiger partial charge on any atom is -0.493 e. The molecule has 2 aromatic carbocycles. The first kappa shape index (κ1) is 15.6. The lowest BCUT2D eigenvalue weighted by Crippen LogP contribution is -2.22. The summed E-state index contributed by atoms with van der Waals surface area (Å²) < 4.78 is 19.9. The van der Waals surface area contributed by atoms with Crippen molar-refractivity contribution in [3.05, 3.63) is 65.0 Å². The normalized spacial score (nSPS) is 20.3. The van der Waals surface area contributed by atoms with Crippen LogP contribution in [0.2, 0.25) is 0 Å². The fourth-order valence-corrected chi connectivity index (χ4v) is 4.01. The molecule has 1 unspecified atom stereocenters. The van der Waals surface area contributed by atoms with E-state index in [-0.39, 0.29) is 5.82 Å². The first-order chi connectivity index (χ1) is 11.8. The van der Waals surface area contributed by atoms with Crippen molar-refractivity contribution in [2.24, 2.45) is 5.92 Å². The first-order valence-electron chi connectivity index (χ1n) is 8.99. The number of nitrogens with zero attached hydrogens (tertiary/aromatic N) is 1. The molecular weight excluding hydrogens is 301 g/mol. The van der Waals surface area contributed by atoms with Crippen molar-refractivity contribution in [1.29, 1.82) is 0 Å². The largest absolute Gasteiger partial charge is 0.493 e. The summed E-state index contributed by atoms with van der Waals surface area (Å²) in [5.41, 5.74) is 3.36. The minimum absolute atomic E-state index is 0.0650. The summed E-state index contributed by atoms with van der Waals surface area (Å²) in [4.78, 5) is 2.50. The summed E-state index contributed by atoms with van der Waals surface area (Å²) >= 11 is 0. The zero-order valence-corrected chi connectivity index (χ0v) is 14.0. The number of likely N-dealkylation sites (tertiary alicyclic amines) is 1. The quantitative estimate of drug-likeness (QED) is 0.816. The highest BCUT2D eigenvalue weighted by Crippen LogP contribution is 2.33. The third-order valence-corrected chi connectivity index (χ3v) is 5.28. The molecule has 1 heterocycles. The van der Waals surface area contributed by atoms with Crippen LogP contribution in [-0.4, -0.2) is 24.6 Å². The minimum atomic E-state index is -0.0650. The van der Waals surface area contributed by atoms with Gasteiger partial charge in [-0.2, -0.15) is 0 Å². The Balaban J connectivity index is 1.32. The van der Waals surface area contributed by atoms with Crippen LogP contribution in [0.5, 0.6) is 5.75 Å². The zero-order valence-electron chi connectivity index (χ0n) is 14.0. The van der Waals surface area contributed by atoms with E-state index in [0.29, 0.717) is 5.92 Å². The highest BCUT2D eigenvalue weighted by molar-refractivity contribution is 5.44. The summed E-state index contributed by atoms with van der Waals surface area (Å²) in [6.07, 6.45) is 4.02. The second-order valence-corrected chi connectivity index (χ2v) is 7.04. The SMILES string of the molecule is Fc1ccc(OCC2CCN(Cc3ccccc3)C2)c2c1CCC2. The van der Waals surface area contributed by atoms with Crippen LogP contribution in [0.4, 0.5) is 4.39 Å². The first-order valence-corrected chi connectivity index (χ1v) is 8.99. The van der Waals surface area contributed by atoms with Crippen LogP contribution < -0.4 is 4.74 Å². The van der Waals surface area contributed by atoms with E-state index in [9.17, 15) is 4.39 Å². The van der Waals surface area contributed by atoms with Crippen molar-refractivity contribution in [2.45, 2.75) is 32.2 Å². The van der Waals surface area contributed by atoms with Gasteiger partial charge < -0.3 is 4.74 Å². The Kier molecular flexibility index (Phi) is 4.52. The second-order valence-electron chi connectivity index (χ2n) is 7.04. The van der Waals surface area contributed by atoms with Gasteiger partial charge in [-0.1, -0.05) is 30.3 Å². The zero-order chi connectivity index (χ0) is 16.4. The maximum atomic E-state index is 13.8. The summed E-state index contributed by atoms with van der Waals surface area (Å²) in [6, 6.07) is 14.0. The van der Waals surface area contributed by atoms with E-state index in [1.807, 2.05) is 6.07 Å². The summed E-state index contributed by atoms with van der Waals surface area (Å²) in [5.74, 6) is 1.41. The molecule has 1 saturated heterocycles. The van der Waals surface area contributed by atoms with Crippen LogP contribution in [0, 0.1) is 11.7 Å². The molecule has 0 N–H and O–H groups in total. The average Bonchev–Trinajstić information content (AvgIpc) is 3.25. The van der Waals surface area contributed by atoms with Crippen LogP contribution in [0.3, 0.4) is 0 Å². The highest BCUT2D eigenvalue weighted by Gasteiger charge is 2.24. The molecule has 2 nitrogen and oxygen atoms in total. The number of halogens is 1. The maximum Gasteiger partial charge on any atom is 0.126 e. The van der Waals surface area contributed by atoms with Crippen molar-refractivity contribution < 1.29 is 9.13 Å². The standard InChI is InChI=1S/C21H24FNO/c22-20-9-10-21(19-8-4-7-18(19)20)24-15-17-11-12-23(14-17)13-16-5-2-1-3-6-16/h1-3,5-6,9-10,17H,4,7-8,11-15H2. The van der Waals surface area contributed by atoms with Crippen LogP contribution >= 0.6 is 0 Å². The molecule has 0 amide bonds. The van der Waals surface area contributed by atoms with E-state index in [1.54, 1.807) is 6.07 Å². The van der Waals surface area contributed by atoms with Crippen LogP contribution in [-0.2, 0) is 19.4 Å². The Hall–Kier alpha value is -1.87. The number of hydrogen-bond donors (Lipinski definition) is 0. The molecule has 2 aliphatic rings. The number of fused-ring (bicyclic) bond motifs is 1. The van der Waals surface area contributed by atoms with Crippen molar-refractivity contribution in [2.75, 3.05) is 19.7 Å². The second kappa shape index (κ2) is 6.94. The van der Waals surface area contributed by atoms with Gasteiger partial charge in [0.25, 0.3) is 0 Å². The molecule has 0 radical (unpaired) electrons. The summed E-state index contributed by atoms with van der Waals surface area (Å²) in [6.45, 7) is 3.97. The molecule has 2 aromatic rings. The summed E-state index contributed by atoms with van der Waals surface area (Å²) in [7, 11) is 0. The Morgan fingerprint density at radius 2 is 1.88 bits per heavy atom. The molecule has 0 aromatic heterocycles. The molecular formula is C21H24FNO. The van der Waals surface area contributed by atoms with Crippen LogP contribution in [0.1, 0.15) is 29.5 Å². The van der Waals surface area contributed by atoms with Gasteiger partial charge in [-0.05, 0) is 55.5 Å². The van der Waals surface area contributed by atoms with Gasteiger partial charge in [0.2, 0.25) is 0 Å². The predicted molar refractivity (Wildman–Crippen MR) is 93.7 cm³/mol. The lowest BCUT2D eigenvalue weighted by molar-refractivity contribution is 0.237. The average molecular weight is 325 g/mol. The Morgan fingerprint density at radius 1 is 1.04 bits per heavy atom. The molecule has 1 aliphatic heterocycles. The fourth-order valence-electron chi connectivity index (χ4n) is 4.01. The Morgan fingerprint density at radius 3 is 2.75 bits per heavy atom. The molecule has 4 rings (SSSR count).